The molecule has 0 fully saturated rings. The number of methoxy groups -OCH3 is 1. The second kappa shape index (κ2) is 5.08. The van der Waals surface area contributed by atoms with Crippen molar-refractivity contribution in [2.24, 2.45) is 0 Å². The van der Waals surface area contributed by atoms with Gasteiger partial charge in [0, 0.05) is 7.11 Å². The number of hydrogen-bond acceptors (Lipinski definition) is 2. The van der Waals surface area contributed by atoms with Gasteiger partial charge in [0.15, 0.2) is 5.78 Å². The Balaban J connectivity index is 4.14. The average molecular weight is 156 g/mol. The highest BCUT2D eigenvalue weighted by Crippen LogP contribution is 2.03. The topological polar surface area (TPSA) is 26.3 Å². The van der Waals surface area contributed by atoms with E-state index in [9.17, 15) is 4.79 Å². The van der Waals surface area contributed by atoms with Gasteiger partial charge >= 0.3 is 0 Å². The minimum atomic E-state index is 0.0823. The quantitative estimate of drug-likeness (QED) is 0.581. The number of carbonyl (C=O) groups excluding carboxylic acids is 1. The van der Waals surface area contributed by atoms with Crippen molar-refractivity contribution >= 4 is 5.78 Å². The molecule has 0 rings (SSSR count). The lowest BCUT2D eigenvalue weighted by Gasteiger charge is -2.07. The predicted molar refractivity (Wildman–Crippen MR) is 45.5 cm³/mol. The van der Waals surface area contributed by atoms with Crippen LogP contribution in [0.2, 0.25) is 0 Å². The van der Waals surface area contributed by atoms with Gasteiger partial charge in [0.25, 0.3) is 0 Å². The maximum atomic E-state index is 10.8. The molecule has 2 heteroatoms. The van der Waals surface area contributed by atoms with Gasteiger partial charge in [-0.3, -0.25) is 4.79 Å². The van der Waals surface area contributed by atoms with Crippen LogP contribution in [0.4, 0.5) is 0 Å². The summed E-state index contributed by atoms with van der Waals surface area (Å²) in [6, 6.07) is 0. The van der Waals surface area contributed by atoms with Gasteiger partial charge in [0.2, 0.25) is 0 Å². The molecular weight excluding hydrogens is 140 g/mol. The van der Waals surface area contributed by atoms with Crippen molar-refractivity contribution < 1.29 is 9.53 Å². The zero-order chi connectivity index (χ0) is 8.85. The summed E-state index contributed by atoms with van der Waals surface area (Å²) in [5.41, 5.74) is 0.777. The zero-order valence-electron chi connectivity index (χ0n) is 7.68. The molecule has 0 N–H and O–H groups in total. The van der Waals surface area contributed by atoms with Gasteiger partial charge in [0.1, 0.15) is 0 Å². The molecule has 2 nitrogen and oxygen atoms in total. The minimum Gasteiger partial charge on any atom is -0.377 e. The standard InChI is InChI=1S/C9H16O2/c1-5-9(11-4)6-7(2)8(3)10/h6,9H,5H2,1-4H3/b7-6+. The Morgan fingerprint density at radius 2 is 2.09 bits per heavy atom. The Morgan fingerprint density at radius 3 is 2.36 bits per heavy atom. The highest BCUT2D eigenvalue weighted by atomic mass is 16.5. The molecule has 0 aromatic heterocycles. The highest BCUT2D eigenvalue weighted by Gasteiger charge is 2.02. The molecule has 0 aromatic rings. The molecule has 0 aliphatic carbocycles. The monoisotopic (exact) mass is 156 g/mol. The third kappa shape index (κ3) is 3.94. The first-order valence-electron chi connectivity index (χ1n) is 3.84. The van der Waals surface area contributed by atoms with E-state index in [0.717, 1.165) is 12.0 Å². The number of Topliss-reactive ketones (excluding diaryl/α,β-unsaturated/α-hetero) is 1. The Bertz CT molecular complexity index is 155. The first-order valence-corrected chi connectivity index (χ1v) is 3.84. The molecule has 0 bridgehead atoms. The lowest BCUT2D eigenvalue weighted by Crippen LogP contribution is -2.07. The molecule has 0 saturated heterocycles. The third-order valence-electron chi connectivity index (χ3n) is 1.70. The van der Waals surface area contributed by atoms with E-state index in [4.69, 9.17) is 4.74 Å². The highest BCUT2D eigenvalue weighted by molar-refractivity contribution is 5.92. The fourth-order valence-corrected chi connectivity index (χ4v) is 0.749. The molecule has 0 spiro atoms. The van der Waals surface area contributed by atoms with Crippen LogP contribution in [0.5, 0.6) is 0 Å². The van der Waals surface area contributed by atoms with Crippen molar-refractivity contribution in [2.75, 3.05) is 7.11 Å². The Morgan fingerprint density at radius 1 is 1.55 bits per heavy atom. The summed E-state index contributed by atoms with van der Waals surface area (Å²) in [5.74, 6) is 0.112. The first-order chi connectivity index (χ1) is 5.11. The molecule has 0 saturated carbocycles. The summed E-state index contributed by atoms with van der Waals surface area (Å²) in [6.45, 7) is 5.40. The van der Waals surface area contributed by atoms with Crippen LogP contribution in [0.25, 0.3) is 0 Å². The van der Waals surface area contributed by atoms with Crippen molar-refractivity contribution in [3.8, 4) is 0 Å². The van der Waals surface area contributed by atoms with Crippen molar-refractivity contribution in [3.63, 3.8) is 0 Å². The maximum Gasteiger partial charge on any atom is 0.155 e. The van der Waals surface area contributed by atoms with Gasteiger partial charge in [-0.15, -0.1) is 0 Å². The van der Waals surface area contributed by atoms with Gasteiger partial charge in [-0.2, -0.15) is 0 Å². The Kier molecular flexibility index (Phi) is 4.79. The summed E-state index contributed by atoms with van der Waals surface area (Å²) >= 11 is 0. The largest absolute Gasteiger partial charge is 0.377 e. The molecule has 1 unspecified atom stereocenters. The van der Waals surface area contributed by atoms with Crippen LogP contribution < -0.4 is 0 Å². The SMILES string of the molecule is CCC(/C=C(\C)C(C)=O)OC. The maximum absolute atomic E-state index is 10.8. The minimum absolute atomic E-state index is 0.0823. The molecule has 64 valence electrons. The summed E-state index contributed by atoms with van der Waals surface area (Å²) in [5, 5.41) is 0. The van der Waals surface area contributed by atoms with Gasteiger partial charge in [-0.05, 0) is 31.9 Å². The molecule has 0 aromatic carbocycles. The van der Waals surface area contributed by atoms with Gasteiger partial charge in [0.05, 0.1) is 6.10 Å². The van der Waals surface area contributed by atoms with Crippen LogP contribution in [-0.2, 0) is 9.53 Å². The Labute approximate surface area is 68.2 Å². The number of rotatable bonds is 4. The third-order valence-corrected chi connectivity index (χ3v) is 1.70. The smallest absolute Gasteiger partial charge is 0.155 e. The number of hydrogen-bond donors (Lipinski definition) is 0. The number of carbonyl (C=O) groups is 1. The summed E-state index contributed by atoms with van der Waals surface area (Å²) < 4.78 is 5.09. The summed E-state index contributed by atoms with van der Waals surface area (Å²) in [6.07, 6.45) is 2.85. The molecule has 11 heavy (non-hydrogen) atoms. The van der Waals surface area contributed by atoms with E-state index in [2.05, 4.69) is 0 Å². The van der Waals surface area contributed by atoms with E-state index in [-0.39, 0.29) is 11.9 Å². The van der Waals surface area contributed by atoms with Crippen LogP contribution in [0.1, 0.15) is 27.2 Å². The molecule has 0 aliphatic rings. The van der Waals surface area contributed by atoms with E-state index in [1.165, 1.54) is 0 Å². The molecule has 0 radical (unpaired) electrons. The van der Waals surface area contributed by atoms with Crippen molar-refractivity contribution in [1.29, 1.82) is 0 Å². The first kappa shape index (κ1) is 10.4. The number of allylic oxidation sites excluding steroid dienone is 1. The van der Waals surface area contributed by atoms with E-state index in [1.807, 2.05) is 19.9 Å². The number of ketones is 1. The van der Waals surface area contributed by atoms with E-state index < -0.39 is 0 Å². The lowest BCUT2D eigenvalue weighted by atomic mass is 10.1. The fourth-order valence-electron chi connectivity index (χ4n) is 0.749. The van der Waals surface area contributed by atoms with E-state index in [0.29, 0.717) is 0 Å². The van der Waals surface area contributed by atoms with Crippen molar-refractivity contribution in [3.05, 3.63) is 11.6 Å². The zero-order valence-corrected chi connectivity index (χ0v) is 7.68. The molecule has 0 amide bonds. The van der Waals surface area contributed by atoms with Gasteiger partial charge in [-0.1, -0.05) is 6.92 Å². The normalized spacial score (nSPS) is 14.7. The fraction of sp³-hybridized carbons (Fsp3) is 0.667. The van der Waals surface area contributed by atoms with Crippen LogP contribution in [0.3, 0.4) is 0 Å². The summed E-state index contributed by atoms with van der Waals surface area (Å²) in [4.78, 5) is 10.8. The van der Waals surface area contributed by atoms with Crippen LogP contribution >= 0.6 is 0 Å². The molecule has 0 heterocycles. The Hall–Kier alpha value is -0.630. The second-order valence-corrected chi connectivity index (χ2v) is 2.59. The van der Waals surface area contributed by atoms with Crippen molar-refractivity contribution in [2.45, 2.75) is 33.3 Å². The lowest BCUT2D eigenvalue weighted by molar-refractivity contribution is -0.113. The predicted octanol–water partition coefficient (Wildman–Crippen LogP) is 1.95. The van der Waals surface area contributed by atoms with Crippen LogP contribution in [-0.4, -0.2) is 19.0 Å². The van der Waals surface area contributed by atoms with Crippen LogP contribution in [0, 0.1) is 0 Å². The summed E-state index contributed by atoms with van der Waals surface area (Å²) in [7, 11) is 1.65. The second-order valence-electron chi connectivity index (χ2n) is 2.59. The average Bonchev–Trinajstić information content (AvgIpc) is 1.99. The van der Waals surface area contributed by atoms with E-state index >= 15 is 0 Å². The van der Waals surface area contributed by atoms with Gasteiger partial charge < -0.3 is 4.74 Å². The van der Waals surface area contributed by atoms with Crippen molar-refractivity contribution in [1.82, 2.24) is 0 Å². The molecular formula is C9H16O2. The number of ether oxygens (including phenoxy) is 1. The van der Waals surface area contributed by atoms with E-state index in [1.54, 1.807) is 14.0 Å². The van der Waals surface area contributed by atoms with Gasteiger partial charge in [-0.25, -0.2) is 0 Å². The molecule has 1 atom stereocenters. The molecule has 0 aliphatic heterocycles. The van der Waals surface area contributed by atoms with Crippen LogP contribution in [0.15, 0.2) is 11.6 Å².